The molecule has 0 N–H and O–H groups in total. The molecule has 116 valence electrons. The second-order valence-electron chi connectivity index (χ2n) is 5.97. The summed E-state index contributed by atoms with van der Waals surface area (Å²) in [6.07, 6.45) is 4.95. The van der Waals surface area contributed by atoms with E-state index in [-0.39, 0.29) is 6.09 Å². The third-order valence-electron chi connectivity index (χ3n) is 4.58. The molecule has 1 amide bonds. The molecule has 1 aromatic carbocycles. The van der Waals surface area contributed by atoms with Crippen LogP contribution in [0, 0.1) is 11.3 Å². The highest BCUT2D eigenvalue weighted by Gasteiger charge is 2.28. The van der Waals surface area contributed by atoms with E-state index in [0.29, 0.717) is 30.4 Å². The van der Waals surface area contributed by atoms with Crippen molar-refractivity contribution in [3.05, 3.63) is 29.8 Å². The van der Waals surface area contributed by atoms with Crippen molar-refractivity contribution in [3.8, 4) is 11.8 Å². The van der Waals surface area contributed by atoms with Gasteiger partial charge in [-0.1, -0.05) is 18.9 Å². The molecule has 2 fully saturated rings. The van der Waals surface area contributed by atoms with Gasteiger partial charge in [0.2, 0.25) is 0 Å². The van der Waals surface area contributed by atoms with Crippen LogP contribution in [0.4, 0.5) is 4.79 Å². The van der Waals surface area contributed by atoms with Gasteiger partial charge in [0.25, 0.3) is 0 Å². The van der Waals surface area contributed by atoms with Gasteiger partial charge < -0.3 is 9.64 Å². The first kappa shape index (κ1) is 14.9. The Bertz CT molecular complexity index is 568. The van der Waals surface area contributed by atoms with E-state index in [1.165, 1.54) is 25.7 Å². The van der Waals surface area contributed by atoms with E-state index >= 15 is 0 Å². The minimum Gasteiger partial charge on any atom is -0.410 e. The third kappa shape index (κ3) is 3.40. The van der Waals surface area contributed by atoms with Gasteiger partial charge in [0.15, 0.2) is 0 Å². The minimum absolute atomic E-state index is 0.318. The van der Waals surface area contributed by atoms with Crippen molar-refractivity contribution in [2.24, 2.45) is 0 Å². The van der Waals surface area contributed by atoms with Gasteiger partial charge in [0.05, 0.1) is 11.6 Å². The van der Waals surface area contributed by atoms with Gasteiger partial charge in [0.1, 0.15) is 5.75 Å². The van der Waals surface area contributed by atoms with Crippen LogP contribution in [0.1, 0.15) is 31.2 Å². The summed E-state index contributed by atoms with van der Waals surface area (Å²) in [4.78, 5) is 16.5. The van der Waals surface area contributed by atoms with Gasteiger partial charge in [-0.15, -0.1) is 0 Å². The van der Waals surface area contributed by atoms with Crippen LogP contribution in [0.2, 0.25) is 0 Å². The molecular formula is C17H21N3O2. The Kier molecular flexibility index (Phi) is 4.59. The van der Waals surface area contributed by atoms with Crippen molar-refractivity contribution >= 4 is 6.09 Å². The van der Waals surface area contributed by atoms with Crippen LogP contribution >= 0.6 is 0 Å². The summed E-state index contributed by atoms with van der Waals surface area (Å²) in [6.45, 7) is 3.29. The molecule has 2 aliphatic rings. The predicted octanol–water partition coefficient (Wildman–Crippen LogP) is 2.62. The Hall–Kier alpha value is -2.06. The number of amides is 1. The summed E-state index contributed by atoms with van der Waals surface area (Å²) in [7, 11) is 0. The van der Waals surface area contributed by atoms with E-state index in [1.807, 2.05) is 6.07 Å². The number of carbonyl (C=O) groups is 1. The lowest BCUT2D eigenvalue weighted by Crippen LogP contribution is -2.52. The zero-order valence-electron chi connectivity index (χ0n) is 12.7. The summed E-state index contributed by atoms with van der Waals surface area (Å²) >= 11 is 0. The van der Waals surface area contributed by atoms with Gasteiger partial charge in [-0.25, -0.2) is 4.79 Å². The monoisotopic (exact) mass is 299 g/mol. The lowest BCUT2D eigenvalue weighted by Gasteiger charge is -2.37. The molecule has 1 aliphatic heterocycles. The summed E-state index contributed by atoms with van der Waals surface area (Å²) in [5, 5.41) is 8.87. The molecule has 1 saturated heterocycles. The van der Waals surface area contributed by atoms with Crippen molar-refractivity contribution in [2.75, 3.05) is 26.2 Å². The molecule has 0 aromatic heterocycles. The van der Waals surface area contributed by atoms with E-state index in [9.17, 15) is 4.79 Å². The molecule has 0 unspecified atom stereocenters. The van der Waals surface area contributed by atoms with Gasteiger partial charge in [-0.3, -0.25) is 4.90 Å². The smallest absolute Gasteiger partial charge is 0.410 e. The number of benzene rings is 1. The zero-order chi connectivity index (χ0) is 15.4. The molecule has 22 heavy (non-hydrogen) atoms. The fourth-order valence-electron chi connectivity index (χ4n) is 3.33. The van der Waals surface area contributed by atoms with Crippen LogP contribution in [0.3, 0.4) is 0 Å². The van der Waals surface area contributed by atoms with Crippen LogP contribution in [0.15, 0.2) is 24.3 Å². The van der Waals surface area contributed by atoms with Crippen molar-refractivity contribution in [3.63, 3.8) is 0 Å². The van der Waals surface area contributed by atoms with Crippen molar-refractivity contribution in [1.29, 1.82) is 5.26 Å². The number of hydrogen-bond donors (Lipinski definition) is 0. The molecule has 5 nitrogen and oxygen atoms in total. The first-order chi connectivity index (χ1) is 10.8. The standard InChI is InChI=1S/C17H21N3O2/c18-13-14-4-3-7-16(12-14)22-17(21)20-10-8-19(9-11-20)15-5-1-2-6-15/h3-4,7,12,15H,1-2,5-6,8-11H2. The number of nitrogens with zero attached hydrogens (tertiary/aromatic N) is 3. The molecule has 0 atom stereocenters. The Balaban J connectivity index is 1.52. The van der Waals surface area contributed by atoms with E-state index in [0.717, 1.165) is 13.1 Å². The SMILES string of the molecule is N#Cc1cccc(OC(=O)N2CCN(C3CCCC3)CC2)c1. The second kappa shape index (κ2) is 6.80. The minimum atomic E-state index is -0.318. The Labute approximate surface area is 131 Å². The Morgan fingerprint density at radius 3 is 2.59 bits per heavy atom. The highest BCUT2D eigenvalue weighted by Crippen LogP contribution is 2.24. The highest BCUT2D eigenvalue weighted by molar-refractivity contribution is 5.71. The average Bonchev–Trinajstić information content (AvgIpc) is 3.09. The van der Waals surface area contributed by atoms with Gasteiger partial charge >= 0.3 is 6.09 Å². The molecule has 1 aliphatic carbocycles. The van der Waals surface area contributed by atoms with Crippen molar-refractivity contribution in [2.45, 2.75) is 31.7 Å². The maximum absolute atomic E-state index is 12.2. The molecule has 5 heteroatoms. The first-order valence-electron chi connectivity index (χ1n) is 7.97. The van der Waals surface area contributed by atoms with Crippen LogP contribution in [0.5, 0.6) is 5.75 Å². The highest BCUT2D eigenvalue weighted by atomic mass is 16.6. The molecule has 3 rings (SSSR count). The van der Waals surface area contributed by atoms with Gasteiger partial charge in [0, 0.05) is 32.2 Å². The number of piperazine rings is 1. The fraction of sp³-hybridized carbons (Fsp3) is 0.529. The van der Waals surface area contributed by atoms with Crippen molar-refractivity contribution < 1.29 is 9.53 Å². The van der Waals surface area contributed by atoms with Crippen molar-refractivity contribution in [1.82, 2.24) is 9.80 Å². The summed E-state index contributed by atoms with van der Waals surface area (Å²) in [5.41, 5.74) is 0.497. The average molecular weight is 299 g/mol. The van der Waals surface area contributed by atoms with Gasteiger partial charge in [-0.05, 0) is 31.0 Å². The maximum Gasteiger partial charge on any atom is 0.415 e. The molecule has 1 saturated carbocycles. The molecule has 1 aromatic rings. The molecule has 0 bridgehead atoms. The molecule has 0 radical (unpaired) electrons. The molecule has 0 spiro atoms. The fourth-order valence-corrected chi connectivity index (χ4v) is 3.33. The number of nitriles is 1. The number of carbonyl (C=O) groups excluding carboxylic acids is 1. The Morgan fingerprint density at radius 2 is 1.91 bits per heavy atom. The van der Waals surface area contributed by atoms with E-state index in [1.54, 1.807) is 29.2 Å². The van der Waals surface area contributed by atoms with Crippen LogP contribution < -0.4 is 4.74 Å². The molecule has 1 heterocycles. The number of ether oxygens (including phenoxy) is 1. The Morgan fingerprint density at radius 1 is 1.18 bits per heavy atom. The topological polar surface area (TPSA) is 56.6 Å². The second-order valence-corrected chi connectivity index (χ2v) is 5.97. The normalized spacial score (nSPS) is 19.9. The lowest BCUT2D eigenvalue weighted by molar-refractivity contribution is 0.0900. The van der Waals surface area contributed by atoms with E-state index in [2.05, 4.69) is 4.90 Å². The third-order valence-corrected chi connectivity index (χ3v) is 4.58. The summed E-state index contributed by atoms with van der Waals surface area (Å²) in [5.74, 6) is 0.433. The predicted molar refractivity (Wildman–Crippen MR) is 82.6 cm³/mol. The maximum atomic E-state index is 12.2. The molecular weight excluding hydrogens is 278 g/mol. The summed E-state index contributed by atoms with van der Waals surface area (Å²) in [6, 6.07) is 9.46. The zero-order valence-corrected chi connectivity index (χ0v) is 12.7. The quantitative estimate of drug-likeness (QED) is 0.842. The van der Waals surface area contributed by atoms with E-state index in [4.69, 9.17) is 10.00 Å². The lowest BCUT2D eigenvalue weighted by atomic mass is 10.2. The summed E-state index contributed by atoms with van der Waals surface area (Å²) < 4.78 is 5.37. The first-order valence-corrected chi connectivity index (χ1v) is 7.97. The van der Waals surface area contributed by atoms with E-state index < -0.39 is 0 Å². The largest absolute Gasteiger partial charge is 0.415 e. The van der Waals surface area contributed by atoms with Gasteiger partial charge in [-0.2, -0.15) is 5.26 Å². The number of hydrogen-bond acceptors (Lipinski definition) is 4. The van der Waals surface area contributed by atoms with Crippen LogP contribution in [0.25, 0.3) is 0 Å². The number of rotatable bonds is 2. The van der Waals surface area contributed by atoms with Crippen LogP contribution in [-0.2, 0) is 0 Å². The van der Waals surface area contributed by atoms with Crippen LogP contribution in [-0.4, -0.2) is 48.1 Å².